The van der Waals surface area contributed by atoms with Crippen molar-refractivity contribution in [3.8, 4) is 0 Å². The van der Waals surface area contributed by atoms with E-state index in [0.29, 0.717) is 5.56 Å². The molecule has 0 unspecified atom stereocenters. The summed E-state index contributed by atoms with van der Waals surface area (Å²) < 4.78 is 39.3. The van der Waals surface area contributed by atoms with Crippen LogP contribution in [0.4, 0.5) is 4.39 Å². The van der Waals surface area contributed by atoms with Gasteiger partial charge in [0.15, 0.2) is 0 Å². The van der Waals surface area contributed by atoms with Gasteiger partial charge in [-0.25, -0.2) is 17.1 Å². The summed E-state index contributed by atoms with van der Waals surface area (Å²) in [5.74, 6) is -2.47. The van der Waals surface area contributed by atoms with Gasteiger partial charge in [-0.15, -0.1) is 0 Å². The number of nitrogens with one attached hydrogen (secondary N) is 2. The summed E-state index contributed by atoms with van der Waals surface area (Å²) in [4.78, 5) is 24.2. The third-order valence-corrected chi connectivity index (χ3v) is 6.07. The topological polar surface area (TPSA) is 95.6 Å². The smallest absolute Gasteiger partial charge is 0.267 e. The Morgan fingerprint density at radius 2 is 1.48 bits per heavy atom. The van der Waals surface area contributed by atoms with Crippen LogP contribution in [0.3, 0.4) is 0 Å². The Morgan fingerprint density at radius 3 is 2.00 bits per heavy atom. The number of nitrogens with zero attached hydrogens (tertiary/aromatic N) is 1. The van der Waals surface area contributed by atoms with Gasteiger partial charge in [0.2, 0.25) is 10.0 Å². The van der Waals surface area contributed by atoms with Crippen molar-refractivity contribution in [2.24, 2.45) is 0 Å². The van der Waals surface area contributed by atoms with Crippen molar-refractivity contribution in [2.45, 2.75) is 31.1 Å². The second-order valence-corrected chi connectivity index (χ2v) is 9.82. The molecule has 0 aliphatic heterocycles. The second-order valence-electron chi connectivity index (χ2n) is 7.66. The fourth-order valence-electron chi connectivity index (χ4n) is 2.42. The monoisotopic (exact) mass is 421 g/mol. The molecular formula is C20H24FN3O4S. The van der Waals surface area contributed by atoms with Crippen LogP contribution in [0.5, 0.6) is 0 Å². The lowest BCUT2D eigenvalue weighted by molar-refractivity contribution is 0.0844. The zero-order valence-corrected chi connectivity index (χ0v) is 17.7. The molecule has 156 valence electrons. The number of amides is 2. The lowest BCUT2D eigenvalue weighted by Crippen LogP contribution is -2.42. The molecule has 9 heteroatoms. The quantitative estimate of drug-likeness (QED) is 0.742. The van der Waals surface area contributed by atoms with Crippen LogP contribution in [-0.4, -0.2) is 38.6 Å². The van der Waals surface area contributed by atoms with Crippen LogP contribution in [0, 0.1) is 5.82 Å². The zero-order chi connectivity index (χ0) is 22.0. The van der Waals surface area contributed by atoms with Crippen molar-refractivity contribution in [2.75, 3.05) is 14.1 Å². The van der Waals surface area contributed by atoms with Crippen LogP contribution in [0.1, 0.15) is 47.1 Å². The minimum atomic E-state index is -3.84. The Bertz CT molecular complexity index is 1030. The van der Waals surface area contributed by atoms with E-state index in [9.17, 15) is 22.4 Å². The van der Waals surface area contributed by atoms with Gasteiger partial charge in [0.05, 0.1) is 10.5 Å². The molecule has 0 aliphatic carbocycles. The predicted molar refractivity (Wildman–Crippen MR) is 107 cm³/mol. The highest BCUT2D eigenvalue weighted by atomic mass is 32.2. The summed E-state index contributed by atoms with van der Waals surface area (Å²) in [6.07, 6.45) is 0. The van der Waals surface area contributed by atoms with Crippen LogP contribution in [0.2, 0.25) is 0 Å². The van der Waals surface area contributed by atoms with Gasteiger partial charge in [0, 0.05) is 19.7 Å². The third-order valence-electron chi connectivity index (χ3n) is 4.26. The molecule has 0 radical (unpaired) electrons. The summed E-state index contributed by atoms with van der Waals surface area (Å²) in [6, 6.07) is 9.73. The molecule has 0 aliphatic rings. The minimum absolute atomic E-state index is 0.0708. The molecule has 2 rings (SSSR count). The summed E-state index contributed by atoms with van der Waals surface area (Å²) in [6.45, 7) is 6.13. The highest BCUT2D eigenvalue weighted by Gasteiger charge is 2.22. The average molecular weight is 421 g/mol. The Hall–Kier alpha value is -2.78. The molecule has 29 heavy (non-hydrogen) atoms. The predicted octanol–water partition coefficient (Wildman–Crippen LogP) is 2.45. The van der Waals surface area contributed by atoms with Crippen molar-refractivity contribution >= 4 is 21.8 Å². The maximum atomic E-state index is 14.0. The first-order valence-corrected chi connectivity index (χ1v) is 10.2. The van der Waals surface area contributed by atoms with Crippen molar-refractivity contribution < 1.29 is 22.4 Å². The first kappa shape index (κ1) is 22.5. The molecule has 0 saturated heterocycles. The lowest BCUT2D eigenvalue weighted by Gasteiger charge is -2.19. The number of benzene rings is 2. The Morgan fingerprint density at radius 1 is 0.931 bits per heavy atom. The van der Waals surface area contributed by atoms with Gasteiger partial charge >= 0.3 is 0 Å². The SMILES string of the molecule is CN(C)S(=O)(=O)c1ccc(F)c(C(=O)NNC(=O)c2ccc(C(C)(C)C)cc2)c1. The Balaban J connectivity index is 2.14. The summed E-state index contributed by atoms with van der Waals surface area (Å²) in [5, 5.41) is 0. The molecule has 0 aromatic heterocycles. The Kier molecular flexibility index (Phi) is 6.44. The van der Waals surface area contributed by atoms with E-state index in [1.807, 2.05) is 32.9 Å². The molecular weight excluding hydrogens is 397 g/mol. The molecule has 2 amide bonds. The van der Waals surface area contributed by atoms with Crippen molar-refractivity contribution in [1.29, 1.82) is 0 Å². The van der Waals surface area contributed by atoms with E-state index in [-0.39, 0.29) is 10.3 Å². The van der Waals surface area contributed by atoms with Gasteiger partial charge in [-0.05, 0) is 41.3 Å². The minimum Gasteiger partial charge on any atom is -0.267 e. The number of carbonyl (C=O) groups is 2. The second kappa shape index (κ2) is 8.30. The molecule has 0 fully saturated rings. The highest BCUT2D eigenvalue weighted by Crippen LogP contribution is 2.22. The number of hydrazine groups is 1. The van der Waals surface area contributed by atoms with E-state index in [0.717, 1.165) is 28.1 Å². The van der Waals surface area contributed by atoms with E-state index in [2.05, 4.69) is 10.9 Å². The van der Waals surface area contributed by atoms with Gasteiger partial charge in [-0.2, -0.15) is 0 Å². The summed E-state index contributed by atoms with van der Waals surface area (Å²) >= 11 is 0. The van der Waals surface area contributed by atoms with E-state index in [1.165, 1.54) is 14.1 Å². The van der Waals surface area contributed by atoms with Gasteiger partial charge in [0.1, 0.15) is 5.82 Å². The molecule has 7 nitrogen and oxygen atoms in total. The zero-order valence-electron chi connectivity index (χ0n) is 16.9. The van der Waals surface area contributed by atoms with Crippen molar-refractivity contribution in [3.05, 3.63) is 65.0 Å². The molecule has 2 N–H and O–H groups in total. The molecule has 2 aromatic carbocycles. The van der Waals surface area contributed by atoms with Gasteiger partial charge < -0.3 is 0 Å². The van der Waals surface area contributed by atoms with E-state index >= 15 is 0 Å². The Labute approximate surface area is 169 Å². The number of carbonyl (C=O) groups excluding carboxylic acids is 2. The van der Waals surface area contributed by atoms with E-state index < -0.39 is 33.2 Å². The summed E-state index contributed by atoms with van der Waals surface area (Å²) in [7, 11) is -1.19. The van der Waals surface area contributed by atoms with E-state index in [4.69, 9.17) is 0 Å². The first-order chi connectivity index (χ1) is 13.3. The number of halogens is 1. The number of rotatable bonds is 4. The fourth-order valence-corrected chi connectivity index (χ4v) is 3.35. The van der Waals surface area contributed by atoms with Crippen molar-refractivity contribution in [3.63, 3.8) is 0 Å². The van der Waals surface area contributed by atoms with Gasteiger partial charge in [-0.3, -0.25) is 20.4 Å². The average Bonchev–Trinajstić information content (AvgIpc) is 2.65. The number of hydrogen-bond acceptors (Lipinski definition) is 4. The molecule has 2 aromatic rings. The molecule has 0 atom stereocenters. The van der Waals surface area contributed by atoms with Gasteiger partial charge in [-0.1, -0.05) is 32.9 Å². The largest absolute Gasteiger partial charge is 0.272 e. The van der Waals surface area contributed by atoms with Crippen molar-refractivity contribution in [1.82, 2.24) is 15.2 Å². The summed E-state index contributed by atoms with van der Waals surface area (Å²) in [5.41, 5.74) is 5.08. The van der Waals surface area contributed by atoms with E-state index in [1.54, 1.807) is 12.1 Å². The van der Waals surface area contributed by atoms with Crippen LogP contribution in [0.25, 0.3) is 0 Å². The lowest BCUT2D eigenvalue weighted by atomic mass is 9.87. The highest BCUT2D eigenvalue weighted by molar-refractivity contribution is 7.89. The van der Waals surface area contributed by atoms with Crippen LogP contribution < -0.4 is 10.9 Å². The van der Waals surface area contributed by atoms with Crippen LogP contribution in [0.15, 0.2) is 47.4 Å². The fraction of sp³-hybridized carbons (Fsp3) is 0.300. The molecule has 0 spiro atoms. The van der Waals surface area contributed by atoms with Crippen LogP contribution >= 0.6 is 0 Å². The number of sulfonamides is 1. The normalized spacial score (nSPS) is 12.0. The number of hydrogen-bond donors (Lipinski definition) is 2. The molecule has 0 saturated carbocycles. The standard InChI is InChI=1S/C20H24FN3O4S/c1-20(2,3)14-8-6-13(7-9-14)18(25)22-23-19(26)16-12-15(10-11-17(16)21)29(27,28)24(4)5/h6-12H,1-5H3,(H,22,25)(H,23,26). The molecule has 0 heterocycles. The maximum Gasteiger partial charge on any atom is 0.272 e. The van der Waals surface area contributed by atoms with Crippen LogP contribution in [-0.2, 0) is 15.4 Å². The third kappa shape index (κ3) is 5.18. The maximum absolute atomic E-state index is 14.0. The molecule has 0 bridgehead atoms. The van der Waals surface area contributed by atoms with Gasteiger partial charge in [0.25, 0.3) is 11.8 Å². The first-order valence-electron chi connectivity index (χ1n) is 8.77.